The summed E-state index contributed by atoms with van der Waals surface area (Å²) in [6.45, 7) is -0.921. The lowest BCUT2D eigenvalue weighted by Gasteiger charge is -2.05. The van der Waals surface area contributed by atoms with Gasteiger partial charge >= 0.3 is 6.18 Å². The fourth-order valence-electron chi connectivity index (χ4n) is 2.32. The second-order valence-electron chi connectivity index (χ2n) is 5.76. The number of aromatic nitrogens is 4. The van der Waals surface area contributed by atoms with Crippen LogP contribution < -0.4 is 10.1 Å². The molecule has 142 valence electrons. The van der Waals surface area contributed by atoms with Crippen LogP contribution in [0, 0.1) is 0 Å². The summed E-state index contributed by atoms with van der Waals surface area (Å²) in [5.74, 6) is -0.191. The van der Waals surface area contributed by atoms with Crippen LogP contribution in [0.15, 0.2) is 48.8 Å². The number of aryl methyl sites for hydroxylation is 1. The van der Waals surface area contributed by atoms with Crippen molar-refractivity contribution in [3.63, 3.8) is 0 Å². The summed E-state index contributed by atoms with van der Waals surface area (Å²) >= 11 is 0. The summed E-state index contributed by atoms with van der Waals surface area (Å²) < 4.78 is 44.8. The van der Waals surface area contributed by atoms with Gasteiger partial charge in [-0.15, -0.1) is 0 Å². The fraction of sp³-hybridized carbons (Fsp3) is 0.235. The van der Waals surface area contributed by atoms with Crippen LogP contribution in [-0.4, -0.2) is 31.6 Å². The number of rotatable bonds is 6. The molecule has 3 aromatic rings. The molecule has 0 aliphatic rings. The lowest BCUT2D eigenvalue weighted by molar-refractivity contribution is -0.142. The van der Waals surface area contributed by atoms with E-state index < -0.39 is 18.6 Å². The molecule has 1 N–H and O–H groups in total. The van der Waals surface area contributed by atoms with E-state index in [0.717, 1.165) is 18.0 Å². The molecule has 0 unspecified atom stereocenters. The van der Waals surface area contributed by atoms with Gasteiger partial charge in [0.25, 0.3) is 5.91 Å². The number of nitrogens with one attached hydrogen (secondary N) is 1. The summed E-state index contributed by atoms with van der Waals surface area (Å²) in [5, 5.41) is 10.1. The van der Waals surface area contributed by atoms with E-state index in [2.05, 4.69) is 15.5 Å². The number of amides is 1. The van der Waals surface area contributed by atoms with Crippen LogP contribution in [-0.2, 0) is 20.2 Å². The van der Waals surface area contributed by atoms with Crippen molar-refractivity contribution in [2.75, 3.05) is 5.32 Å². The fourth-order valence-corrected chi connectivity index (χ4v) is 2.32. The number of carbonyl (C=O) groups excluding carboxylic acids is 1. The normalized spacial score (nSPS) is 11.4. The van der Waals surface area contributed by atoms with Crippen LogP contribution in [0.25, 0.3) is 0 Å². The van der Waals surface area contributed by atoms with Gasteiger partial charge in [-0.2, -0.15) is 23.4 Å². The Bertz CT molecular complexity index is 918. The Kier molecular flexibility index (Phi) is 5.15. The van der Waals surface area contributed by atoms with Gasteiger partial charge in [0.2, 0.25) is 5.88 Å². The van der Waals surface area contributed by atoms with Gasteiger partial charge in [0.05, 0.1) is 11.9 Å². The van der Waals surface area contributed by atoms with Crippen LogP contribution in [0.4, 0.5) is 18.9 Å². The van der Waals surface area contributed by atoms with Crippen molar-refractivity contribution in [3.05, 3.63) is 60.0 Å². The van der Waals surface area contributed by atoms with E-state index >= 15 is 0 Å². The van der Waals surface area contributed by atoms with E-state index in [1.807, 2.05) is 30.3 Å². The molecular weight excluding hydrogens is 363 g/mol. The second-order valence-corrected chi connectivity index (χ2v) is 5.76. The highest BCUT2D eigenvalue weighted by Gasteiger charge is 2.28. The van der Waals surface area contributed by atoms with Gasteiger partial charge in [0.1, 0.15) is 13.2 Å². The minimum atomic E-state index is -4.39. The van der Waals surface area contributed by atoms with Gasteiger partial charge in [-0.25, -0.2) is 4.68 Å². The smallest absolute Gasteiger partial charge is 0.408 e. The highest BCUT2D eigenvalue weighted by Crippen LogP contribution is 2.19. The number of hydrogen-bond acceptors (Lipinski definition) is 4. The number of hydrogen-bond donors (Lipinski definition) is 1. The Morgan fingerprint density at radius 1 is 1.26 bits per heavy atom. The van der Waals surface area contributed by atoms with Gasteiger partial charge in [0, 0.05) is 19.3 Å². The maximum atomic E-state index is 12.3. The number of carbonyl (C=O) groups is 1. The zero-order valence-corrected chi connectivity index (χ0v) is 14.3. The molecule has 2 heterocycles. The molecule has 1 amide bonds. The number of anilines is 1. The number of benzene rings is 1. The molecule has 2 aromatic heterocycles. The first-order chi connectivity index (χ1) is 12.8. The molecular formula is C17H16F3N5O2. The highest BCUT2D eigenvalue weighted by molar-refractivity contribution is 6.02. The molecule has 0 spiro atoms. The van der Waals surface area contributed by atoms with Crippen LogP contribution in [0.1, 0.15) is 16.1 Å². The van der Waals surface area contributed by atoms with Gasteiger partial charge in [-0.05, 0) is 5.56 Å². The minimum absolute atomic E-state index is 0.0733. The van der Waals surface area contributed by atoms with Crippen molar-refractivity contribution in [2.45, 2.75) is 19.3 Å². The van der Waals surface area contributed by atoms with Crippen LogP contribution in [0.5, 0.6) is 5.88 Å². The van der Waals surface area contributed by atoms with E-state index in [4.69, 9.17) is 4.74 Å². The summed E-state index contributed by atoms with van der Waals surface area (Å²) in [4.78, 5) is 12.2. The SMILES string of the molecule is Cn1nc(C(=O)Nc2cnn(CC(F)(F)F)c2)cc1OCc1ccccc1. The van der Waals surface area contributed by atoms with Crippen LogP contribution in [0.3, 0.4) is 0 Å². The van der Waals surface area contributed by atoms with E-state index in [1.165, 1.54) is 10.7 Å². The van der Waals surface area contributed by atoms with Gasteiger partial charge in [-0.1, -0.05) is 30.3 Å². The Hall–Kier alpha value is -3.30. The summed E-state index contributed by atoms with van der Waals surface area (Å²) in [6, 6.07) is 10.9. The van der Waals surface area contributed by atoms with E-state index in [-0.39, 0.29) is 11.4 Å². The van der Waals surface area contributed by atoms with E-state index in [1.54, 1.807) is 7.05 Å². The molecule has 3 rings (SSSR count). The monoisotopic (exact) mass is 379 g/mol. The van der Waals surface area contributed by atoms with Crippen molar-refractivity contribution in [2.24, 2.45) is 7.05 Å². The Labute approximate surface area is 152 Å². The Morgan fingerprint density at radius 3 is 2.70 bits per heavy atom. The van der Waals surface area contributed by atoms with Gasteiger partial charge < -0.3 is 10.1 Å². The second kappa shape index (κ2) is 7.52. The predicted molar refractivity (Wildman–Crippen MR) is 90.2 cm³/mol. The zero-order chi connectivity index (χ0) is 19.4. The van der Waals surface area contributed by atoms with Crippen molar-refractivity contribution in [3.8, 4) is 5.88 Å². The molecule has 1 aromatic carbocycles. The van der Waals surface area contributed by atoms with Crippen molar-refractivity contribution in [1.82, 2.24) is 19.6 Å². The molecule has 0 aliphatic carbocycles. The largest absolute Gasteiger partial charge is 0.473 e. The molecule has 7 nitrogen and oxygen atoms in total. The highest BCUT2D eigenvalue weighted by atomic mass is 19.4. The first-order valence-electron chi connectivity index (χ1n) is 7.91. The number of ether oxygens (including phenoxy) is 1. The molecule has 27 heavy (non-hydrogen) atoms. The first-order valence-corrected chi connectivity index (χ1v) is 7.91. The molecule has 0 atom stereocenters. The summed E-state index contributed by atoms with van der Waals surface area (Å²) in [5.41, 5.74) is 1.17. The third kappa shape index (κ3) is 5.09. The maximum absolute atomic E-state index is 12.3. The van der Waals surface area contributed by atoms with Crippen molar-refractivity contribution < 1.29 is 22.7 Å². The van der Waals surface area contributed by atoms with E-state index in [0.29, 0.717) is 17.2 Å². The number of nitrogens with zero attached hydrogens (tertiary/aromatic N) is 4. The standard InChI is InChI=1S/C17H16F3N5O2/c1-24-15(27-10-12-5-3-2-4-6-12)7-14(23-24)16(26)22-13-8-21-25(9-13)11-17(18,19)20/h2-9H,10-11H2,1H3,(H,22,26). The average Bonchev–Trinajstić information content (AvgIpc) is 3.19. The molecule has 0 radical (unpaired) electrons. The van der Waals surface area contributed by atoms with Crippen molar-refractivity contribution >= 4 is 11.6 Å². The zero-order valence-electron chi connectivity index (χ0n) is 14.3. The summed E-state index contributed by atoms with van der Waals surface area (Å²) in [6.07, 6.45) is -2.15. The van der Waals surface area contributed by atoms with Gasteiger partial charge in [-0.3, -0.25) is 9.48 Å². The third-order valence-corrected chi connectivity index (χ3v) is 3.53. The Balaban J connectivity index is 1.62. The van der Waals surface area contributed by atoms with Crippen LogP contribution >= 0.6 is 0 Å². The first kappa shape index (κ1) is 18.5. The topological polar surface area (TPSA) is 74.0 Å². The van der Waals surface area contributed by atoms with Crippen molar-refractivity contribution in [1.29, 1.82) is 0 Å². The maximum Gasteiger partial charge on any atom is 0.408 e. The summed E-state index contributed by atoms with van der Waals surface area (Å²) in [7, 11) is 1.62. The molecule has 0 aliphatic heterocycles. The molecule has 10 heteroatoms. The van der Waals surface area contributed by atoms with Crippen LogP contribution in [0.2, 0.25) is 0 Å². The van der Waals surface area contributed by atoms with E-state index in [9.17, 15) is 18.0 Å². The molecule has 0 fully saturated rings. The molecule has 0 saturated carbocycles. The average molecular weight is 379 g/mol. The lowest BCUT2D eigenvalue weighted by Crippen LogP contribution is -2.18. The lowest BCUT2D eigenvalue weighted by atomic mass is 10.2. The predicted octanol–water partition coefficient (Wildman–Crippen LogP) is 3.01. The molecule has 0 saturated heterocycles. The van der Waals surface area contributed by atoms with Gasteiger partial charge in [0.15, 0.2) is 5.69 Å². The minimum Gasteiger partial charge on any atom is -0.473 e. The quantitative estimate of drug-likeness (QED) is 0.715. The molecule has 0 bridgehead atoms. The third-order valence-electron chi connectivity index (χ3n) is 3.53. The number of halogens is 3. The number of alkyl halides is 3. The Morgan fingerprint density at radius 2 is 2.00 bits per heavy atom.